The van der Waals surface area contributed by atoms with Crippen LogP contribution < -0.4 is 9.47 Å². The molecule has 2 N–H and O–H groups in total. The summed E-state index contributed by atoms with van der Waals surface area (Å²) >= 11 is 0. The van der Waals surface area contributed by atoms with E-state index in [-0.39, 0.29) is 11.5 Å². The van der Waals surface area contributed by atoms with Gasteiger partial charge in [-0.15, -0.1) is 0 Å². The molecule has 0 heterocycles. The Bertz CT molecular complexity index is 692. The van der Waals surface area contributed by atoms with E-state index in [1.54, 1.807) is 6.08 Å². The highest BCUT2D eigenvalue weighted by molar-refractivity contribution is 5.76. The third kappa shape index (κ3) is 4.95. The van der Waals surface area contributed by atoms with E-state index in [0.717, 1.165) is 29.9 Å². The number of hydrogen-bond acceptors (Lipinski definition) is 4. The SMILES string of the molecule is CCCOc1ccc(OCCC)c(/C=C/c2cc(O)ccc2O)c1. The van der Waals surface area contributed by atoms with Crippen molar-refractivity contribution in [3.63, 3.8) is 0 Å². The zero-order chi connectivity index (χ0) is 17.4. The minimum Gasteiger partial charge on any atom is -0.508 e. The van der Waals surface area contributed by atoms with E-state index in [2.05, 4.69) is 13.8 Å². The Morgan fingerprint density at radius 3 is 2.29 bits per heavy atom. The first-order valence-electron chi connectivity index (χ1n) is 8.23. The molecule has 0 aromatic heterocycles. The molecule has 0 unspecified atom stereocenters. The minimum atomic E-state index is 0.106. The average molecular weight is 328 g/mol. The van der Waals surface area contributed by atoms with Crippen molar-refractivity contribution in [2.24, 2.45) is 0 Å². The molecule has 24 heavy (non-hydrogen) atoms. The van der Waals surface area contributed by atoms with Gasteiger partial charge in [0.25, 0.3) is 0 Å². The molecular weight excluding hydrogens is 304 g/mol. The lowest BCUT2D eigenvalue weighted by atomic mass is 10.1. The van der Waals surface area contributed by atoms with Crippen molar-refractivity contribution >= 4 is 12.2 Å². The molecule has 0 aliphatic rings. The maximum atomic E-state index is 9.88. The molecule has 0 fully saturated rings. The second-order valence-electron chi connectivity index (χ2n) is 5.47. The maximum Gasteiger partial charge on any atom is 0.126 e. The minimum absolute atomic E-state index is 0.106. The summed E-state index contributed by atoms with van der Waals surface area (Å²) in [6.07, 6.45) is 5.45. The molecule has 0 saturated carbocycles. The van der Waals surface area contributed by atoms with Gasteiger partial charge in [-0.2, -0.15) is 0 Å². The Balaban J connectivity index is 2.30. The zero-order valence-corrected chi connectivity index (χ0v) is 14.2. The molecule has 0 saturated heterocycles. The van der Waals surface area contributed by atoms with Crippen LogP contribution in [0.3, 0.4) is 0 Å². The van der Waals surface area contributed by atoms with Crippen molar-refractivity contribution in [3.8, 4) is 23.0 Å². The highest BCUT2D eigenvalue weighted by Gasteiger charge is 2.05. The van der Waals surface area contributed by atoms with Crippen LogP contribution in [-0.2, 0) is 0 Å². The molecule has 0 amide bonds. The fourth-order valence-electron chi connectivity index (χ4n) is 2.16. The monoisotopic (exact) mass is 328 g/mol. The highest BCUT2D eigenvalue weighted by Crippen LogP contribution is 2.29. The first kappa shape index (κ1) is 17.7. The van der Waals surface area contributed by atoms with E-state index >= 15 is 0 Å². The van der Waals surface area contributed by atoms with Crippen molar-refractivity contribution < 1.29 is 19.7 Å². The normalized spacial score (nSPS) is 10.9. The summed E-state index contributed by atoms with van der Waals surface area (Å²) < 4.78 is 11.4. The van der Waals surface area contributed by atoms with Crippen molar-refractivity contribution in [2.45, 2.75) is 26.7 Å². The summed E-state index contributed by atoms with van der Waals surface area (Å²) in [7, 11) is 0. The molecule has 2 rings (SSSR count). The smallest absolute Gasteiger partial charge is 0.126 e. The van der Waals surface area contributed by atoms with E-state index in [0.29, 0.717) is 18.8 Å². The van der Waals surface area contributed by atoms with Crippen LogP contribution in [0.1, 0.15) is 37.8 Å². The van der Waals surface area contributed by atoms with Crippen LogP contribution in [0.2, 0.25) is 0 Å². The largest absolute Gasteiger partial charge is 0.508 e. The van der Waals surface area contributed by atoms with Gasteiger partial charge in [-0.05, 0) is 49.2 Å². The summed E-state index contributed by atoms with van der Waals surface area (Å²) in [5.74, 6) is 1.76. The van der Waals surface area contributed by atoms with Gasteiger partial charge >= 0.3 is 0 Å². The maximum absolute atomic E-state index is 9.88. The molecule has 2 aromatic rings. The second kappa shape index (κ2) is 8.87. The number of phenolic OH excluding ortho intramolecular Hbond substituents is 2. The second-order valence-corrected chi connectivity index (χ2v) is 5.47. The van der Waals surface area contributed by atoms with Crippen LogP contribution in [0, 0.1) is 0 Å². The zero-order valence-electron chi connectivity index (χ0n) is 14.2. The van der Waals surface area contributed by atoms with Gasteiger partial charge in [0.15, 0.2) is 0 Å². The van der Waals surface area contributed by atoms with Crippen molar-refractivity contribution in [3.05, 3.63) is 47.5 Å². The molecule has 4 heteroatoms. The quantitative estimate of drug-likeness (QED) is 0.537. The Kier molecular flexibility index (Phi) is 6.55. The van der Waals surface area contributed by atoms with Gasteiger partial charge in [0, 0.05) is 11.1 Å². The molecule has 0 atom stereocenters. The number of rotatable bonds is 8. The van der Waals surface area contributed by atoms with Gasteiger partial charge in [-0.3, -0.25) is 0 Å². The molecule has 0 radical (unpaired) electrons. The first-order chi connectivity index (χ1) is 11.6. The molecule has 0 bridgehead atoms. The standard InChI is InChI=1S/C20H24O4/c1-3-11-23-18-8-10-20(24-12-4-2)16(14-18)6-5-15-13-17(21)7-9-19(15)22/h5-10,13-14,21-22H,3-4,11-12H2,1-2H3/b6-5+. The first-order valence-corrected chi connectivity index (χ1v) is 8.23. The number of phenols is 2. The molecule has 0 spiro atoms. The highest BCUT2D eigenvalue weighted by atomic mass is 16.5. The van der Waals surface area contributed by atoms with Crippen LogP contribution >= 0.6 is 0 Å². The summed E-state index contributed by atoms with van der Waals surface area (Å²) in [6.45, 7) is 5.41. The molecule has 4 nitrogen and oxygen atoms in total. The Morgan fingerprint density at radius 2 is 1.54 bits per heavy atom. The van der Waals surface area contributed by atoms with Crippen LogP contribution in [0.25, 0.3) is 12.2 Å². The van der Waals surface area contributed by atoms with Crippen LogP contribution in [0.4, 0.5) is 0 Å². The third-order valence-electron chi connectivity index (χ3n) is 3.37. The Morgan fingerprint density at radius 1 is 0.833 bits per heavy atom. The molecule has 0 aliphatic heterocycles. The predicted octanol–water partition coefficient (Wildman–Crippen LogP) is 4.85. The molecular formula is C20H24O4. The van der Waals surface area contributed by atoms with E-state index in [9.17, 15) is 10.2 Å². The number of ether oxygens (including phenoxy) is 2. The average Bonchev–Trinajstić information content (AvgIpc) is 2.59. The van der Waals surface area contributed by atoms with Gasteiger partial charge in [-0.25, -0.2) is 0 Å². The lowest BCUT2D eigenvalue weighted by Crippen LogP contribution is -1.99. The summed E-state index contributed by atoms with van der Waals surface area (Å²) in [5, 5.41) is 19.4. The van der Waals surface area contributed by atoms with Gasteiger partial charge in [-0.1, -0.05) is 26.0 Å². The topological polar surface area (TPSA) is 58.9 Å². The third-order valence-corrected chi connectivity index (χ3v) is 3.37. The van der Waals surface area contributed by atoms with Gasteiger partial charge in [0.05, 0.1) is 13.2 Å². The fraction of sp³-hybridized carbons (Fsp3) is 0.300. The molecule has 128 valence electrons. The lowest BCUT2D eigenvalue weighted by Gasteiger charge is -2.11. The Hall–Kier alpha value is -2.62. The van der Waals surface area contributed by atoms with E-state index in [1.807, 2.05) is 24.3 Å². The molecule has 2 aromatic carbocycles. The lowest BCUT2D eigenvalue weighted by molar-refractivity contribution is 0.308. The Labute approximate surface area is 143 Å². The predicted molar refractivity (Wildman–Crippen MR) is 96.7 cm³/mol. The fourth-order valence-corrected chi connectivity index (χ4v) is 2.16. The van der Waals surface area contributed by atoms with E-state index in [1.165, 1.54) is 18.2 Å². The van der Waals surface area contributed by atoms with Crippen LogP contribution in [0.5, 0.6) is 23.0 Å². The summed E-state index contributed by atoms with van der Waals surface area (Å²) in [5.41, 5.74) is 1.40. The van der Waals surface area contributed by atoms with Gasteiger partial charge in [0.2, 0.25) is 0 Å². The number of benzene rings is 2. The number of hydrogen-bond donors (Lipinski definition) is 2. The van der Waals surface area contributed by atoms with E-state index < -0.39 is 0 Å². The van der Waals surface area contributed by atoms with Gasteiger partial charge in [0.1, 0.15) is 23.0 Å². The number of aromatic hydroxyl groups is 2. The van der Waals surface area contributed by atoms with Crippen molar-refractivity contribution in [1.29, 1.82) is 0 Å². The van der Waals surface area contributed by atoms with Crippen LogP contribution in [-0.4, -0.2) is 23.4 Å². The van der Waals surface area contributed by atoms with Crippen molar-refractivity contribution in [2.75, 3.05) is 13.2 Å². The van der Waals surface area contributed by atoms with Crippen molar-refractivity contribution in [1.82, 2.24) is 0 Å². The summed E-state index contributed by atoms with van der Waals surface area (Å²) in [6, 6.07) is 10.1. The van der Waals surface area contributed by atoms with Gasteiger partial charge < -0.3 is 19.7 Å². The molecule has 0 aliphatic carbocycles. The van der Waals surface area contributed by atoms with Crippen LogP contribution in [0.15, 0.2) is 36.4 Å². The summed E-state index contributed by atoms with van der Waals surface area (Å²) in [4.78, 5) is 0. The van der Waals surface area contributed by atoms with E-state index in [4.69, 9.17) is 9.47 Å².